The molecule has 26 heavy (non-hydrogen) atoms. The van der Waals surface area contributed by atoms with Gasteiger partial charge in [-0.25, -0.2) is 0 Å². The molecule has 0 aliphatic carbocycles. The molecule has 3 nitrogen and oxygen atoms in total. The Bertz CT molecular complexity index is 956. The summed E-state index contributed by atoms with van der Waals surface area (Å²) in [7, 11) is 1.93. The number of hydrogen-bond acceptors (Lipinski definition) is 1. The lowest BCUT2D eigenvalue weighted by molar-refractivity contribution is -0.137. The van der Waals surface area contributed by atoms with Gasteiger partial charge >= 0.3 is 6.18 Å². The second-order valence-electron chi connectivity index (χ2n) is 6.43. The van der Waals surface area contributed by atoms with E-state index in [1.807, 2.05) is 36.7 Å². The predicted molar refractivity (Wildman–Crippen MR) is 95.0 cm³/mol. The number of nitrogens with zero attached hydrogens (tertiary/aromatic N) is 1. The number of hydrogen-bond donors (Lipinski definition) is 1. The Kier molecular flexibility index (Phi) is 4.52. The summed E-state index contributed by atoms with van der Waals surface area (Å²) < 4.78 is 39.9. The van der Waals surface area contributed by atoms with E-state index in [1.165, 1.54) is 12.1 Å². The van der Waals surface area contributed by atoms with Crippen LogP contribution in [0.25, 0.3) is 10.9 Å². The summed E-state index contributed by atoms with van der Waals surface area (Å²) in [6, 6.07) is 11.9. The van der Waals surface area contributed by atoms with Crippen molar-refractivity contribution in [2.45, 2.75) is 26.1 Å². The number of aromatic nitrogens is 1. The van der Waals surface area contributed by atoms with Gasteiger partial charge in [0.1, 0.15) is 0 Å². The quantitative estimate of drug-likeness (QED) is 0.701. The zero-order chi connectivity index (χ0) is 19.1. The minimum Gasteiger partial charge on any atom is -0.348 e. The second-order valence-corrected chi connectivity index (χ2v) is 6.43. The van der Waals surface area contributed by atoms with Crippen molar-refractivity contribution in [2.75, 3.05) is 0 Å². The van der Waals surface area contributed by atoms with Crippen molar-refractivity contribution < 1.29 is 18.0 Å². The van der Waals surface area contributed by atoms with E-state index >= 15 is 0 Å². The van der Waals surface area contributed by atoms with E-state index in [4.69, 9.17) is 0 Å². The van der Waals surface area contributed by atoms with Crippen molar-refractivity contribution in [1.29, 1.82) is 0 Å². The summed E-state index contributed by atoms with van der Waals surface area (Å²) in [6.45, 7) is 3.73. The molecule has 0 saturated carbocycles. The fourth-order valence-corrected chi connectivity index (χ4v) is 2.93. The predicted octanol–water partition coefficient (Wildman–Crippen LogP) is 5.00. The van der Waals surface area contributed by atoms with Crippen LogP contribution in [-0.4, -0.2) is 10.5 Å². The van der Waals surface area contributed by atoms with Gasteiger partial charge in [0.05, 0.1) is 11.6 Å². The molecule has 1 N–H and O–H groups in total. The van der Waals surface area contributed by atoms with Gasteiger partial charge in [-0.3, -0.25) is 4.79 Å². The largest absolute Gasteiger partial charge is 0.416 e. The Balaban J connectivity index is 1.78. The van der Waals surface area contributed by atoms with Gasteiger partial charge in [-0.15, -0.1) is 0 Å². The summed E-state index contributed by atoms with van der Waals surface area (Å²) in [5, 5.41) is 3.89. The van der Waals surface area contributed by atoms with Gasteiger partial charge in [-0.2, -0.15) is 13.2 Å². The lowest BCUT2D eigenvalue weighted by atomic mass is 10.0. The molecule has 2 aromatic carbocycles. The van der Waals surface area contributed by atoms with Crippen LogP contribution in [-0.2, 0) is 13.2 Å². The highest BCUT2D eigenvalue weighted by atomic mass is 19.4. The molecule has 1 atom stereocenters. The average Bonchev–Trinajstić information content (AvgIpc) is 2.88. The van der Waals surface area contributed by atoms with Crippen molar-refractivity contribution in [3.8, 4) is 0 Å². The fraction of sp³-hybridized carbons (Fsp3) is 0.250. The second kappa shape index (κ2) is 6.52. The molecular formula is C20H19F3N2O. The van der Waals surface area contributed by atoms with E-state index < -0.39 is 17.8 Å². The van der Waals surface area contributed by atoms with Crippen LogP contribution in [0.15, 0.2) is 48.5 Å². The Morgan fingerprint density at radius 2 is 1.73 bits per heavy atom. The van der Waals surface area contributed by atoms with Gasteiger partial charge in [-0.05, 0) is 55.1 Å². The minimum atomic E-state index is -4.37. The van der Waals surface area contributed by atoms with E-state index in [-0.39, 0.29) is 5.91 Å². The molecule has 3 aromatic rings. The first-order valence-electron chi connectivity index (χ1n) is 8.21. The van der Waals surface area contributed by atoms with Crippen LogP contribution >= 0.6 is 0 Å². The highest BCUT2D eigenvalue weighted by Crippen LogP contribution is 2.30. The Morgan fingerprint density at radius 3 is 2.35 bits per heavy atom. The molecule has 3 rings (SSSR count). The van der Waals surface area contributed by atoms with Crippen molar-refractivity contribution in [1.82, 2.24) is 9.88 Å². The summed E-state index contributed by atoms with van der Waals surface area (Å²) in [5.74, 6) is -0.266. The monoisotopic (exact) mass is 360 g/mol. The molecule has 0 aliphatic heterocycles. The lowest BCUT2D eigenvalue weighted by Gasteiger charge is -2.16. The zero-order valence-electron chi connectivity index (χ0n) is 14.7. The maximum atomic E-state index is 12.6. The molecule has 1 heterocycles. The molecule has 0 unspecified atom stereocenters. The molecule has 136 valence electrons. The first kappa shape index (κ1) is 18.0. The molecule has 0 spiro atoms. The Hall–Kier alpha value is -2.76. The van der Waals surface area contributed by atoms with Crippen LogP contribution in [0, 0.1) is 6.92 Å². The standard InChI is InChI=1S/C20H19F3N2O/c1-12-10-15-4-5-16(11-18(15)25(12)3)19(26)24-13(2)14-6-8-17(9-7-14)20(21,22)23/h4-11,13H,1-3H3,(H,24,26)/t13-/m0/s1. The van der Waals surface area contributed by atoms with Crippen LogP contribution in [0.3, 0.4) is 0 Å². The third-order valence-corrected chi connectivity index (χ3v) is 4.63. The van der Waals surface area contributed by atoms with Crippen LogP contribution in [0.1, 0.15) is 40.1 Å². The first-order chi connectivity index (χ1) is 12.2. The number of carbonyl (C=O) groups is 1. The van der Waals surface area contributed by atoms with Crippen LogP contribution in [0.4, 0.5) is 13.2 Å². The van der Waals surface area contributed by atoms with Gasteiger partial charge in [0.25, 0.3) is 5.91 Å². The molecular weight excluding hydrogens is 341 g/mol. The molecule has 0 aliphatic rings. The smallest absolute Gasteiger partial charge is 0.348 e. The van der Waals surface area contributed by atoms with Crippen molar-refractivity contribution in [3.63, 3.8) is 0 Å². The van der Waals surface area contributed by atoms with Gasteiger partial charge in [0, 0.05) is 23.8 Å². The number of aryl methyl sites for hydroxylation is 2. The SMILES string of the molecule is Cc1cc2ccc(C(=O)N[C@@H](C)c3ccc(C(F)(F)F)cc3)cc2n1C. The van der Waals surface area contributed by atoms with E-state index in [9.17, 15) is 18.0 Å². The van der Waals surface area contributed by atoms with Crippen LogP contribution < -0.4 is 5.32 Å². The topological polar surface area (TPSA) is 34.0 Å². The van der Waals surface area contributed by atoms with Crippen molar-refractivity contribution in [2.24, 2.45) is 7.05 Å². The van der Waals surface area contributed by atoms with Crippen molar-refractivity contribution in [3.05, 3.63) is 70.9 Å². The Labute approximate surface area is 149 Å². The molecule has 1 amide bonds. The maximum absolute atomic E-state index is 12.6. The average molecular weight is 360 g/mol. The highest BCUT2D eigenvalue weighted by molar-refractivity contribution is 5.98. The van der Waals surface area contributed by atoms with Crippen molar-refractivity contribution >= 4 is 16.8 Å². The number of nitrogens with one attached hydrogen (secondary N) is 1. The summed E-state index contributed by atoms with van der Waals surface area (Å²) in [6.07, 6.45) is -4.37. The molecule has 0 bridgehead atoms. The molecule has 0 radical (unpaired) electrons. The number of amides is 1. The number of benzene rings is 2. The molecule has 0 fully saturated rings. The van der Waals surface area contributed by atoms with Gasteiger partial charge in [0.15, 0.2) is 0 Å². The third-order valence-electron chi connectivity index (χ3n) is 4.63. The summed E-state index contributed by atoms with van der Waals surface area (Å²) in [4.78, 5) is 12.5. The van der Waals surface area contributed by atoms with E-state index in [1.54, 1.807) is 13.0 Å². The van der Waals surface area contributed by atoms with Gasteiger partial charge < -0.3 is 9.88 Å². The Morgan fingerprint density at radius 1 is 1.08 bits per heavy atom. The third kappa shape index (κ3) is 3.45. The van der Waals surface area contributed by atoms with E-state index in [0.29, 0.717) is 11.1 Å². The first-order valence-corrected chi connectivity index (χ1v) is 8.21. The number of alkyl halides is 3. The molecule has 6 heteroatoms. The van der Waals surface area contributed by atoms with Crippen LogP contribution in [0.2, 0.25) is 0 Å². The molecule has 0 saturated heterocycles. The number of carbonyl (C=O) groups excluding carboxylic acids is 1. The van der Waals surface area contributed by atoms with Crippen LogP contribution in [0.5, 0.6) is 0 Å². The van der Waals surface area contributed by atoms with Gasteiger partial charge in [0.2, 0.25) is 0 Å². The summed E-state index contributed by atoms with van der Waals surface area (Å²) >= 11 is 0. The molecule has 1 aromatic heterocycles. The van der Waals surface area contributed by atoms with Gasteiger partial charge in [-0.1, -0.05) is 18.2 Å². The number of halogens is 3. The normalized spacial score (nSPS) is 13.0. The zero-order valence-corrected chi connectivity index (χ0v) is 14.7. The van der Waals surface area contributed by atoms with E-state index in [2.05, 4.69) is 5.32 Å². The fourth-order valence-electron chi connectivity index (χ4n) is 2.93. The summed E-state index contributed by atoms with van der Waals surface area (Å²) in [5.41, 5.74) is 2.47. The van der Waals surface area contributed by atoms with E-state index in [0.717, 1.165) is 28.7 Å². The number of fused-ring (bicyclic) bond motifs is 1. The minimum absolute atomic E-state index is 0.266. The number of rotatable bonds is 3. The lowest BCUT2D eigenvalue weighted by Crippen LogP contribution is -2.26. The highest BCUT2D eigenvalue weighted by Gasteiger charge is 2.30. The maximum Gasteiger partial charge on any atom is 0.416 e.